The first-order chi connectivity index (χ1) is 13.1. The van der Waals surface area contributed by atoms with Crippen molar-refractivity contribution < 1.29 is 37.2 Å². The molecule has 1 atom stereocenters. The van der Waals surface area contributed by atoms with Gasteiger partial charge in [0.15, 0.2) is 5.92 Å². The molecule has 28 heavy (non-hydrogen) atoms. The molecule has 0 aromatic rings. The predicted molar refractivity (Wildman–Crippen MR) is 106 cm³/mol. The first-order valence-corrected chi connectivity index (χ1v) is 10.3. The molecule has 0 spiro atoms. The lowest BCUT2D eigenvalue weighted by molar-refractivity contribution is -0.169. The Bertz CT molecular complexity index is 563. The van der Waals surface area contributed by atoms with Gasteiger partial charge < -0.3 is 9.47 Å². The maximum absolute atomic E-state index is 12.4. The van der Waals surface area contributed by atoms with Gasteiger partial charge in [-0.25, -0.2) is 4.57 Å². The number of carbonyl (C=O) groups is 2. The van der Waals surface area contributed by atoms with E-state index < -0.39 is 31.3 Å². The van der Waals surface area contributed by atoms with Crippen LogP contribution in [0.4, 0.5) is 0 Å². The Morgan fingerprint density at radius 1 is 0.929 bits per heavy atom. The van der Waals surface area contributed by atoms with Crippen molar-refractivity contribution in [3.8, 4) is 0 Å². The maximum atomic E-state index is 12.4. The minimum absolute atomic E-state index is 0.0192. The number of phosphoric acid groups is 1. The molecule has 0 amide bonds. The van der Waals surface area contributed by atoms with Crippen LogP contribution in [-0.2, 0) is 37.2 Å². The summed E-state index contributed by atoms with van der Waals surface area (Å²) in [7, 11) is -3.80. The highest BCUT2D eigenvalue weighted by molar-refractivity contribution is 7.48. The Balaban J connectivity index is 4.85. The molecule has 0 aliphatic rings. The summed E-state index contributed by atoms with van der Waals surface area (Å²) in [4.78, 5) is 24.5. The van der Waals surface area contributed by atoms with E-state index in [4.69, 9.17) is 23.0 Å². The summed E-state index contributed by atoms with van der Waals surface area (Å²) < 4.78 is 38.0. The average molecular weight is 418 g/mol. The summed E-state index contributed by atoms with van der Waals surface area (Å²) in [5, 5.41) is 0. The molecular formula is C19H31O8P. The van der Waals surface area contributed by atoms with Crippen LogP contribution >= 0.6 is 7.82 Å². The zero-order chi connectivity index (χ0) is 21.6. The number of rotatable bonds is 15. The maximum Gasteiger partial charge on any atom is 0.475 e. The van der Waals surface area contributed by atoms with Crippen molar-refractivity contribution in [3.05, 3.63) is 38.0 Å². The SMILES string of the molecule is C=CCOC(=O)C(CCCOP(=O)(OCC=C)OCC=C)C(=O)OC(C)(C)C. The van der Waals surface area contributed by atoms with Crippen molar-refractivity contribution in [2.24, 2.45) is 5.92 Å². The third-order valence-electron chi connectivity index (χ3n) is 2.91. The lowest BCUT2D eigenvalue weighted by Crippen LogP contribution is -2.34. The number of hydrogen-bond donors (Lipinski definition) is 0. The van der Waals surface area contributed by atoms with E-state index in [2.05, 4.69) is 19.7 Å². The molecule has 8 nitrogen and oxygen atoms in total. The molecule has 0 aliphatic carbocycles. The van der Waals surface area contributed by atoms with Crippen LogP contribution in [0.5, 0.6) is 0 Å². The highest BCUT2D eigenvalue weighted by Gasteiger charge is 2.33. The fourth-order valence-electron chi connectivity index (χ4n) is 1.81. The molecule has 0 aromatic heterocycles. The minimum Gasteiger partial charge on any atom is -0.461 e. The van der Waals surface area contributed by atoms with Gasteiger partial charge in [0.05, 0.1) is 19.8 Å². The molecule has 0 fully saturated rings. The Labute approximate surface area is 167 Å². The van der Waals surface area contributed by atoms with Gasteiger partial charge in [0.25, 0.3) is 0 Å². The van der Waals surface area contributed by atoms with Crippen LogP contribution in [0.2, 0.25) is 0 Å². The van der Waals surface area contributed by atoms with Crippen molar-refractivity contribution in [1.29, 1.82) is 0 Å². The Hall–Kier alpha value is -1.73. The van der Waals surface area contributed by atoms with Gasteiger partial charge in [-0.2, -0.15) is 0 Å². The van der Waals surface area contributed by atoms with Crippen molar-refractivity contribution in [3.63, 3.8) is 0 Å². The Morgan fingerprint density at radius 2 is 1.46 bits per heavy atom. The molecule has 1 unspecified atom stereocenters. The van der Waals surface area contributed by atoms with Crippen LogP contribution in [-0.4, -0.2) is 44.0 Å². The van der Waals surface area contributed by atoms with E-state index in [0.29, 0.717) is 0 Å². The van der Waals surface area contributed by atoms with Gasteiger partial charge in [0, 0.05) is 0 Å². The van der Waals surface area contributed by atoms with Crippen molar-refractivity contribution >= 4 is 19.8 Å². The third kappa shape index (κ3) is 11.9. The van der Waals surface area contributed by atoms with Gasteiger partial charge in [-0.1, -0.05) is 24.8 Å². The van der Waals surface area contributed by atoms with Gasteiger partial charge in [-0.3, -0.25) is 23.2 Å². The van der Waals surface area contributed by atoms with Crippen LogP contribution in [0.15, 0.2) is 38.0 Å². The second-order valence-corrected chi connectivity index (χ2v) is 8.27. The first kappa shape index (κ1) is 26.3. The smallest absolute Gasteiger partial charge is 0.461 e. The topological polar surface area (TPSA) is 97.4 Å². The molecule has 9 heteroatoms. The number of phosphoric ester groups is 1. The standard InChI is InChI=1S/C19H31O8P/c1-7-12-23-17(20)16(18(21)27-19(4,5)6)11-10-15-26-28(22,24-13-8-2)25-14-9-3/h7-9,16H,1-3,10-15H2,4-6H3. The highest BCUT2D eigenvalue weighted by atomic mass is 31.2. The molecular weight excluding hydrogens is 387 g/mol. The van der Waals surface area contributed by atoms with E-state index in [1.807, 2.05) is 0 Å². The number of ether oxygens (including phenoxy) is 2. The summed E-state index contributed by atoms with van der Waals surface area (Å²) in [5.74, 6) is -2.55. The van der Waals surface area contributed by atoms with Crippen LogP contribution in [0.3, 0.4) is 0 Å². The molecule has 0 saturated heterocycles. The number of carbonyl (C=O) groups excluding carboxylic acids is 2. The molecule has 160 valence electrons. The van der Waals surface area contributed by atoms with E-state index in [-0.39, 0.29) is 39.3 Å². The summed E-state index contributed by atoms with van der Waals surface area (Å²) >= 11 is 0. The van der Waals surface area contributed by atoms with E-state index >= 15 is 0 Å². The average Bonchev–Trinajstić information content (AvgIpc) is 2.61. The van der Waals surface area contributed by atoms with E-state index in [1.165, 1.54) is 18.2 Å². The largest absolute Gasteiger partial charge is 0.475 e. The first-order valence-electron chi connectivity index (χ1n) is 8.84. The molecule has 0 N–H and O–H groups in total. The third-order valence-corrected chi connectivity index (χ3v) is 4.34. The number of hydrogen-bond acceptors (Lipinski definition) is 8. The van der Waals surface area contributed by atoms with Gasteiger partial charge in [-0.15, -0.1) is 13.2 Å². The van der Waals surface area contributed by atoms with Gasteiger partial charge >= 0.3 is 19.8 Å². The monoisotopic (exact) mass is 418 g/mol. The van der Waals surface area contributed by atoms with E-state index in [9.17, 15) is 14.2 Å². The minimum atomic E-state index is -3.80. The second kappa shape index (κ2) is 13.4. The zero-order valence-electron chi connectivity index (χ0n) is 16.9. The number of esters is 2. The second-order valence-electron chi connectivity index (χ2n) is 6.60. The lowest BCUT2D eigenvalue weighted by Gasteiger charge is -2.23. The van der Waals surface area contributed by atoms with Gasteiger partial charge in [0.1, 0.15) is 12.2 Å². The summed E-state index contributed by atoms with van der Waals surface area (Å²) in [6.45, 7) is 15.4. The summed E-state index contributed by atoms with van der Waals surface area (Å²) in [6, 6.07) is 0. The van der Waals surface area contributed by atoms with E-state index in [1.54, 1.807) is 20.8 Å². The van der Waals surface area contributed by atoms with Crippen molar-refractivity contribution in [2.45, 2.75) is 39.2 Å². The molecule has 0 aliphatic heterocycles. The molecule has 0 rings (SSSR count). The fraction of sp³-hybridized carbons (Fsp3) is 0.579. The predicted octanol–water partition coefficient (Wildman–Crippen LogP) is 3.98. The quantitative estimate of drug-likeness (QED) is 0.129. The normalized spacial score (nSPS) is 12.7. The van der Waals surface area contributed by atoms with Crippen LogP contribution < -0.4 is 0 Å². The Kier molecular flexibility index (Phi) is 12.6. The van der Waals surface area contributed by atoms with Gasteiger partial charge in [0.2, 0.25) is 0 Å². The fourth-order valence-corrected chi connectivity index (χ4v) is 2.96. The summed E-state index contributed by atoms with van der Waals surface area (Å²) in [5.41, 5.74) is -0.753. The molecule has 0 saturated carbocycles. The van der Waals surface area contributed by atoms with Crippen molar-refractivity contribution in [2.75, 3.05) is 26.4 Å². The van der Waals surface area contributed by atoms with Crippen LogP contribution in [0.1, 0.15) is 33.6 Å². The Morgan fingerprint density at radius 3 is 1.93 bits per heavy atom. The van der Waals surface area contributed by atoms with E-state index in [0.717, 1.165) is 0 Å². The summed E-state index contributed by atoms with van der Waals surface area (Å²) in [6.07, 6.45) is 4.50. The molecule has 0 heterocycles. The van der Waals surface area contributed by atoms with Crippen LogP contribution in [0, 0.1) is 5.92 Å². The molecule has 0 bridgehead atoms. The zero-order valence-corrected chi connectivity index (χ0v) is 17.8. The highest BCUT2D eigenvalue weighted by Crippen LogP contribution is 2.49. The van der Waals surface area contributed by atoms with Gasteiger partial charge in [-0.05, 0) is 33.6 Å². The molecule has 0 aromatic carbocycles. The van der Waals surface area contributed by atoms with Crippen LogP contribution in [0.25, 0.3) is 0 Å². The lowest BCUT2D eigenvalue weighted by atomic mass is 10.0. The molecule has 0 radical (unpaired) electrons. The van der Waals surface area contributed by atoms with Crippen molar-refractivity contribution in [1.82, 2.24) is 0 Å².